The highest BCUT2D eigenvalue weighted by Crippen LogP contribution is 2.36. The highest BCUT2D eigenvalue weighted by Gasteiger charge is 2.43. The third-order valence-corrected chi connectivity index (χ3v) is 6.92. The van der Waals surface area contributed by atoms with Gasteiger partial charge in [0, 0.05) is 50.7 Å². The molecule has 9 heteroatoms. The summed E-state index contributed by atoms with van der Waals surface area (Å²) in [5.74, 6) is -0.341. The topological polar surface area (TPSA) is 118 Å². The van der Waals surface area contributed by atoms with Crippen LogP contribution in [0.2, 0.25) is 0 Å². The van der Waals surface area contributed by atoms with E-state index in [2.05, 4.69) is 15.7 Å². The summed E-state index contributed by atoms with van der Waals surface area (Å²) in [5.41, 5.74) is 5.13. The first kappa shape index (κ1) is 25.2. The van der Waals surface area contributed by atoms with E-state index in [9.17, 15) is 19.5 Å². The van der Waals surface area contributed by atoms with Crippen molar-refractivity contribution < 1.29 is 19.5 Å². The predicted octanol–water partition coefficient (Wildman–Crippen LogP) is 2.79. The maximum Gasteiger partial charge on any atom is 0.405 e. The minimum Gasteiger partial charge on any atom is -0.465 e. The van der Waals surface area contributed by atoms with Gasteiger partial charge in [-0.2, -0.15) is 0 Å². The molecule has 1 fully saturated rings. The van der Waals surface area contributed by atoms with Crippen molar-refractivity contribution in [2.24, 2.45) is 5.41 Å². The fourth-order valence-electron chi connectivity index (χ4n) is 5.04. The first-order valence-corrected chi connectivity index (χ1v) is 12.1. The molecule has 1 atom stereocenters. The van der Waals surface area contributed by atoms with Crippen LogP contribution >= 0.6 is 0 Å². The average molecular weight is 492 g/mol. The SMILES string of the molecule is CN(C)NC(=O)C1(Cc2ccccc2)CCN(C(=O)C(Cc2c[nH]c3ccccc23)NC(=O)O)CC1. The molecule has 0 bridgehead atoms. The van der Waals surface area contributed by atoms with Crippen LogP contribution in [0.4, 0.5) is 4.79 Å². The second kappa shape index (κ2) is 10.8. The number of carbonyl (C=O) groups is 3. The Morgan fingerprint density at radius 1 is 1.06 bits per heavy atom. The lowest BCUT2D eigenvalue weighted by Gasteiger charge is -2.42. The number of rotatable bonds is 8. The fraction of sp³-hybridized carbons (Fsp3) is 0.370. The van der Waals surface area contributed by atoms with E-state index in [0.29, 0.717) is 32.4 Å². The number of hydrazine groups is 1. The number of piperidine rings is 1. The molecule has 9 nitrogen and oxygen atoms in total. The Kier molecular flexibility index (Phi) is 7.59. The van der Waals surface area contributed by atoms with Gasteiger partial charge in [0.05, 0.1) is 5.41 Å². The van der Waals surface area contributed by atoms with Crippen LogP contribution in [0, 0.1) is 5.41 Å². The maximum absolute atomic E-state index is 13.5. The Morgan fingerprint density at radius 2 is 1.72 bits per heavy atom. The monoisotopic (exact) mass is 491 g/mol. The Hall–Kier alpha value is -3.85. The van der Waals surface area contributed by atoms with Crippen molar-refractivity contribution in [2.45, 2.75) is 31.7 Å². The van der Waals surface area contributed by atoms with Crippen molar-refractivity contribution in [1.29, 1.82) is 0 Å². The van der Waals surface area contributed by atoms with Crippen LogP contribution in [-0.2, 0) is 22.4 Å². The van der Waals surface area contributed by atoms with Crippen molar-refractivity contribution in [3.63, 3.8) is 0 Å². The van der Waals surface area contributed by atoms with Crippen LogP contribution in [0.1, 0.15) is 24.0 Å². The van der Waals surface area contributed by atoms with Crippen molar-refractivity contribution in [2.75, 3.05) is 27.2 Å². The number of carbonyl (C=O) groups excluding carboxylic acids is 2. The van der Waals surface area contributed by atoms with Gasteiger partial charge < -0.3 is 20.3 Å². The normalized spacial score (nSPS) is 16.0. The van der Waals surface area contributed by atoms with Crippen LogP contribution in [0.25, 0.3) is 10.9 Å². The highest BCUT2D eigenvalue weighted by atomic mass is 16.4. The number of para-hydroxylation sites is 1. The van der Waals surface area contributed by atoms with Crippen molar-refractivity contribution >= 4 is 28.8 Å². The molecule has 36 heavy (non-hydrogen) atoms. The van der Waals surface area contributed by atoms with E-state index in [1.54, 1.807) is 24.0 Å². The number of carboxylic acid groups (broad SMARTS) is 1. The van der Waals surface area contributed by atoms with Gasteiger partial charge in [0.15, 0.2) is 0 Å². The van der Waals surface area contributed by atoms with Gasteiger partial charge in [-0.15, -0.1) is 0 Å². The summed E-state index contributed by atoms with van der Waals surface area (Å²) in [4.78, 5) is 43.2. The lowest BCUT2D eigenvalue weighted by atomic mass is 9.73. The summed E-state index contributed by atoms with van der Waals surface area (Å²) in [6.07, 6.45) is 2.36. The number of hydrogen-bond donors (Lipinski definition) is 4. The lowest BCUT2D eigenvalue weighted by molar-refractivity contribution is -0.144. The second-order valence-electron chi connectivity index (χ2n) is 9.67. The number of benzene rings is 2. The quantitative estimate of drug-likeness (QED) is 0.362. The maximum atomic E-state index is 13.5. The summed E-state index contributed by atoms with van der Waals surface area (Å²) < 4.78 is 0. The number of likely N-dealkylation sites (tertiary alicyclic amines) is 1. The predicted molar refractivity (Wildman–Crippen MR) is 137 cm³/mol. The number of nitrogens with zero attached hydrogens (tertiary/aromatic N) is 2. The van der Waals surface area contributed by atoms with Crippen molar-refractivity contribution in [1.82, 2.24) is 25.6 Å². The zero-order valence-electron chi connectivity index (χ0n) is 20.7. The van der Waals surface area contributed by atoms with E-state index in [1.807, 2.05) is 60.8 Å². The Bertz CT molecular complexity index is 1220. The number of hydrogen-bond acceptors (Lipinski definition) is 4. The molecular formula is C27H33N5O4. The molecule has 190 valence electrons. The molecule has 0 aliphatic carbocycles. The molecule has 0 spiro atoms. The zero-order chi connectivity index (χ0) is 25.7. The largest absolute Gasteiger partial charge is 0.465 e. The molecule has 3 amide bonds. The number of amides is 3. The number of fused-ring (bicyclic) bond motifs is 1. The molecule has 4 rings (SSSR count). The average Bonchev–Trinajstić information content (AvgIpc) is 3.26. The molecular weight excluding hydrogens is 458 g/mol. The molecule has 1 unspecified atom stereocenters. The van der Waals surface area contributed by atoms with Gasteiger partial charge in [-0.3, -0.25) is 15.0 Å². The van der Waals surface area contributed by atoms with Crippen LogP contribution in [0.3, 0.4) is 0 Å². The number of aromatic amines is 1. The first-order valence-electron chi connectivity index (χ1n) is 12.1. The molecule has 2 aromatic carbocycles. The van der Waals surface area contributed by atoms with Crippen molar-refractivity contribution in [3.8, 4) is 0 Å². The molecule has 1 aliphatic heterocycles. The highest BCUT2D eigenvalue weighted by molar-refractivity contribution is 5.89. The zero-order valence-corrected chi connectivity index (χ0v) is 20.7. The van der Waals surface area contributed by atoms with Gasteiger partial charge in [0.25, 0.3) is 0 Å². The number of H-pyrrole nitrogens is 1. The van der Waals surface area contributed by atoms with Gasteiger partial charge in [-0.1, -0.05) is 48.5 Å². The minimum atomic E-state index is -1.24. The van der Waals surface area contributed by atoms with E-state index in [4.69, 9.17) is 0 Å². The van der Waals surface area contributed by atoms with Gasteiger partial charge in [-0.25, -0.2) is 9.80 Å². The second-order valence-corrected chi connectivity index (χ2v) is 9.67. The standard InChI is InChI=1S/C27H33N5O4/c1-31(2)30-25(34)27(17-19-8-4-3-5-9-19)12-14-32(15-13-27)24(33)23(29-26(35)36)16-20-18-28-22-11-7-6-10-21(20)22/h3-11,18,23,28-29H,12-17H2,1-2H3,(H,30,34)(H,35,36). The van der Waals surface area contributed by atoms with Crippen LogP contribution in [0.15, 0.2) is 60.8 Å². The van der Waals surface area contributed by atoms with Gasteiger partial charge >= 0.3 is 6.09 Å². The van der Waals surface area contributed by atoms with Crippen molar-refractivity contribution in [3.05, 3.63) is 71.9 Å². The van der Waals surface area contributed by atoms with E-state index >= 15 is 0 Å². The summed E-state index contributed by atoms with van der Waals surface area (Å²) in [7, 11) is 3.55. The minimum absolute atomic E-state index is 0.0672. The third kappa shape index (κ3) is 5.68. The van der Waals surface area contributed by atoms with Gasteiger partial charge in [0.2, 0.25) is 11.8 Å². The Balaban J connectivity index is 1.51. The Labute approximate surface area is 210 Å². The van der Waals surface area contributed by atoms with E-state index in [-0.39, 0.29) is 18.2 Å². The molecule has 3 aromatic rings. The Morgan fingerprint density at radius 3 is 2.39 bits per heavy atom. The molecule has 0 radical (unpaired) electrons. The third-order valence-electron chi connectivity index (χ3n) is 6.92. The molecule has 0 saturated carbocycles. The smallest absolute Gasteiger partial charge is 0.405 e. The lowest BCUT2D eigenvalue weighted by Crippen LogP contribution is -2.56. The van der Waals surface area contributed by atoms with Gasteiger partial charge in [0.1, 0.15) is 6.04 Å². The molecule has 4 N–H and O–H groups in total. The number of aromatic nitrogens is 1. The summed E-state index contributed by atoms with van der Waals surface area (Å²) >= 11 is 0. The van der Waals surface area contributed by atoms with Crippen LogP contribution in [0.5, 0.6) is 0 Å². The summed E-state index contributed by atoms with van der Waals surface area (Å²) in [6.45, 7) is 0.746. The molecule has 1 aliphatic rings. The molecule has 1 aromatic heterocycles. The van der Waals surface area contributed by atoms with E-state index in [1.165, 1.54) is 0 Å². The first-order chi connectivity index (χ1) is 17.3. The summed E-state index contributed by atoms with van der Waals surface area (Å²) in [5, 5.41) is 14.4. The summed E-state index contributed by atoms with van der Waals surface area (Å²) in [6, 6.07) is 16.7. The van der Waals surface area contributed by atoms with Gasteiger partial charge in [-0.05, 0) is 36.5 Å². The van der Waals surface area contributed by atoms with E-state index < -0.39 is 17.6 Å². The molecule has 2 heterocycles. The van der Waals surface area contributed by atoms with E-state index in [0.717, 1.165) is 22.0 Å². The molecule has 1 saturated heterocycles. The number of nitrogens with one attached hydrogen (secondary N) is 3. The van der Waals surface area contributed by atoms with Crippen LogP contribution < -0.4 is 10.7 Å². The fourth-order valence-corrected chi connectivity index (χ4v) is 5.04. The van der Waals surface area contributed by atoms with Crippen LogP contribution in [-0.4, -0.2) is 71.1 Å².